The summed E-state index contributed by atoms with van der Waals surface area (Å²) < 4.78 is 10.3. The summed E-state index contributed by atoms with van der Waals surface area (Å²) in [4.78, 5) is 0. The highest BCUT2D eigenvalue weighted by Gasteiger charge is 2.22. The minimum atomic E-state index is 0.0970. The van der Waals surface area contributed by atoms with Crippen molar-refractivity contribution in [2.75, 3.05) is 14.2 Å². The zero-order valence-electron chi connectivity index (χ0n) is 9.02. The van der Waals surface area contributed by atoms with Gasteiger partial charge >= 0.3 is 0 Å². The van der Waals surface area contributed by atoms with Gasteiger partial charge in [-0.3, -0.25) is 0 Å². The van der Waals surface area contributed by atoms with Crippen LogP contribution in [0, 0.1) is 0 Å². The summed E-state index contributed by atoms with van der Waals surface area (Å²) in [5, 5.41) is 11.6. The van der Waals surface area contributed by atoms with Gasteiger partial charge in [-0.1, -0.05) is 5.16 Å². The second kappa shape index (κ2) is 3.77. The Bertz CT molecular complexity index is 492. The van der Waals surface area contributed by atoms with Crippen molar-refractivity contribution < 1.29 is 14.7 Å². The van der Waals surface area contributed by atoms with Crippen LogP contribution in [0.3, 0.4) is 0 Å². The minimum absolute atomic E-state index is 0.0970. The van der Waals surface area contributed by atoms with E-state index >= 15 is 0 Å². The maximum absolute atomic E-state index is 8.59. The standard InChI is InChI=1S/C11H12N2O3/c1-15-9-4-6-3-8(11(12)13-14)7(6)5-10(9)16-2/h3-5,14H,1-2H3,(H2,12,13). The van der Waals surface area contributed by atoms with Crippen LogP contribution in [0.2, 0.25) is 0 Å². The van der Waals surface area contributed by atoms with Crippen molar-refractivity contribution in [2.24, 2.45) is 10.9 Å². The molecule has 5 heteroatoms. The number of amidine groups is 1. The van der Waals surface area contributed by atoms with Gasteiger partial charge in [-0.15, -0.1) is 0 Å². The van der Waals surface area contributed by atoms with Crippen LogP contribution in [0.1, 0.15) is 11.1 Å². The van der Waals surface area contributed by atoms with Gasteiger partial charge in [-0.05, 0) is 29.3 Å². The maximum atomic E-state index is 8.59. The first kappa shape index (κ1) is 10.4. The monoisotopic (exact) mass is 220 g/mol. The number of rotatable bonds is 3. The maximum Gasteiger partial charge on any atom is 0.170 e. The van der Waals surface area contributed by atoms with E-state index in [0.717, 1.165) is 11.1 Å². The fourth-order valence-electron chi connectivity index (χ4n) is 1.67. The molecule has 0 fully saturated rings. The molecule has 0 heterocycles. The zero-order chi connectivity index (χ0) is 11.7. The van der Waals surface area contributed by atoms with Crippen molar-refractivity contribution in [3.8, 4) is 11.5 Å². The van der Waals surface area contributed by atoms with Gasteiger partial charge in [0.15, 0.2) is 17.3 Å². The quantitative estimate of drug-likeness (QED) is 0.348. The number of hydrogen-bond acceptors (Lipinski definition) is 4. The van der Waals surface area contributed by atoms with Crippen LogP contribution in [-0.4, -0.2) is 25.3 Å². The predicted molar refractivity (Wildman–Crippen MR) is 60.8 cm³/mol. The van der Waals surface area contributed by atoms with Gasteiger partial charge in [0, 0.05) is 5.57 Å². The molecule has 0 unspecified atom stereocenters. The summed E-state index contributed by atoms with van der Waals surface area (Å²) in [6.07, 6.45) is 1.83. The van der Waals surface area contributed by atoms with Gasteiger partial charge in [-0.25, -0.2) is 0 Å². The molecule has 1 aliphatic rings. The van der Waals surface area contributed by atoms with Gasteiger partial charge in [0.25, 0.3) is 0 Å². The highest BCUT2D eigenvalue weighted by atomic mass is 16.5. The average molecular weight is 220 g/mol. The molecular weight excluding hydrogens is 208 g/mol. The van der Waals surface area contributed by atoms with E-state index in [0.29, 0.717) is 17.1 Å². The first-order chi connectivity index (χ1) is 7.71. The van der Waals surface area contributed by atoms with E-state index in [2.05, 4.69) is 5.16 Å². The van der Waals surface area contributed by atoms with Crippen LogP contribution < -0.4 is 15.2 Å². The molecule has 0 aliphatic heterocycles. The molecule has 0 spiro atoms. The normalized spacial score (nSPS) is 13.6. The van der Waals surface area contributed by atoms with E-state index in [1.54, 1.807) is 14.2 Å². The summed E-state index contributed by atoms with van der Waals surface area (Å²) in [5.41, 5.74) is 8.10. The van der Waals surface area contributed by atoms with Crippen LogP contribution in [0.4, 0.5) is 0 Å². The number of oxime groups is 1. The summed E-state index contributed by atoms with van der Waals surface area (Å²) in [5.74, 6) is 1.38. The number of nitrogens with two attached hydrogens (primary N) is 1. The second-order valence-electron chi connectivity index (χ2n) is 3.34. The highest BCUT2D eigenvalue weighted by molar-refractivity contribution is 6.31. The fourth-order valence-corrected chi connectivity index (χ4v) is 1.67. The summed E-state index contributed by atoms with van der Waals surface area (Å²) >= 11 is 0. The van der Waals surface area contributed by atoms with Crippen LogP contribution in [0.25, 0.3) is 11.6 Å². The minimum Gasteiger partial charge on any atom is -0.493 e. The first-order valence-electron chi connectivity index (χ1n) is 4.67. The lowest BCUT2D eigenvalue weighted by atomic mass is 9.87. The van der Waals surface area contributed by atoms with Crippen molar-refractivity contribution in [3.63, 3.8) is 0 Å². The van der Waals surface area contributed by atoms with E-state index in [1.165, 1.54) is 0 Å². The molecular formula is C11H12N2O3. The highest BCUT2D eigenvalue weighted by Crippen LogP contribution is 2.40. The third kappa shape index (κ3) is 1.37. The zero-order valence-corrected chi connectivity index (χ0v) is 9.02. The summed E-state index contributed by atoms with van der Waals surface area (Å²) in [6.45, 7) is 0. The fraction of sp³-hybridized carbons (Fsp3) is 0.182. The molecule has 0 atom stereocenters. The van der Waals surface area contributed by atoms with Crippen molar-refractivity contribution in [1.82, 2.24) is 0 Å². The first-order valence-corrected chi connectivity index (χ1v) is 4.67. The van der Waals surface area contributed by atoms with E-state index in [-0.39, 0.29) is 5.84 Å². The number of ether oxygens (including phenoxy) is 2. The smallest absolute Gasteiger partial charge is 0.170 e. The molecule has 0 saturated heterocycles. The molecule has 2 rings (SSSR count). The molecule has 1 aliphatic carbocycles. The van der Waals surface area contributed by atoms with Crippen LogP contribution in [-0.2, 0) is 0 Å². The molecule has 5 nitrogen and oxygen atoms in total. The van der Waals surface area contributed by atoms with Gasteiger partial charge in [0.05, 0.1) is 14.2 Å². The van der Waals surface area contributed by atoms with Gasteiger partial charge in [-0.2, -0.15) is 0 Å². The Morgan fingerprint density at radius 3 is 2.44 bits per heavy atom. The third-order valence-corrected chi connectivity index (χ3v) is 2.53. The average Bonchev–Trinajstić information content (AvgIpc) is 2.30. The Balaban J connectivity index is 2.43. The van der Waals surface area contributed by atoms with E-state index < -0.39 is 0 Å². The number of fused-ring (bicyclic) bond motifs is 1. The topological polar surface area (TPSA) is 77.1 Å². The van der Waals surface area contributed by atoms with Gasteiger partial charge < -0.3 is 20.4 Å². The molecule has 84 valence electrons. The Labute approximate surface area is 92.8 Å². The predicted octanol–water partition coefficient (Wildman–Crippen LogP) is 1.30. The van der Waals surface area contributed by atoms with Crippen molar-refractivity contribution >= 4 is 17.5 Å². The third-order valence-electron chi connectivity index (χ3n) is 2.53. The number of benzene rings is 1. The number of methoxy groups -OCH3 is 2. The molecule has 0 saturated carbocycles. The molecule has 0 bridgehead atoms. The van der Waals surface area contributed by atoms with Crippen LogP contribution in [0.5, 0.6) is 11.5 Å². The lowest BCUT2D eigenvalue weighted by Gasteiger charge is -2.21. The molecule has 16 heavy (non-hydrogen) atoms. The Morgan fingerprint density at radius 1 is 1.25 bits per heavy atom. The van der Waals surface area contributed by atoms with Crippen LogP contribution in [0.15, 0.2) is 17.3 Å². The Morgan fingerprint density at radius 2 is 1.88 bits per heavy atom. The molecule has 1 aromatic rings. The largest absolute Gasteiger partial charge is 0.493 e. The Hall–Kier alpha value is -2.17. The van der Waals surface area contributed by atoms with Gasteiger partial charge in [0.1, 0.15) is 0 Å². The van der Waals surface area contributed by atoms with Crippen molar-refractivity contribution in [2.45, 2.75) is 0 Å². The summed E-state index contributed by atoms with van der Waals surface area (Å²) in [6, 6.07) is 3.66. The molecule has 0 aromatic heterocycles. The van der Waals surface area contributed by atoms with E-state index in [1.807, 2.05) is 18.2 Å². The lowest BCUT2D eigenvalue weighted by Crippen LogP contribution is -2.18. The van der Waals surface area contributed by atoms with E-state index in [9.17, 15) is 0 Å². The molecule has 3 N–H and O–H groups in total. The Kier molecular flexibility index (Phi) is 2.44. The SMILES string of the molecule is COc1cc2c(cc1OC)C(C(N)=NO)=C2. The van der Waals surface area contributed by atoms with Crippen molar-refractivity contribution in [1.29, 1.82) is 0 Å². The van der Waals surface area contributed by atoms with Crippen LogP contribution >= 0.6 is 0 Å². The van der Waals surface area contributed by atoms with Crippen molar-refractivity contribution in [3.05, 3.63) is 23.3 Å². The van der Waals surface area contributed by atoms with Gasteiger partial charge in [0.2, 0.25) is 0 Å². The summed E-state index contributed by atoms with van der Waals surface area (Å²) in [7, 11) is 3.15. The number of nitrogens with zero attached hydrogens (tertiary/aromatic N) is 1. The lowest BCUT2D eigenvalue weighted by molar-refractivity contribution is 0.319. The molecule has 1 aromatic carbocycles. The second-order valence-corrected chi connectivity index (χ2v) is 3.34. The van der Waals surface area contributed by atoms with E-state index in [4.69, 9.17) is 20.4 Å². The molecule has 0 amide bonds. The number of hydrogen-bond donors (Lipinski definition) is 2. The molecule has 0 radical (unpaired) electrons.